The summed E-state index contributed by atoms with van der Waals surface area (Å²) in [6.45, 7) is 2.23. The van der Waals surface area contributed by atoms with E-state index in [-0.39, 0.29) is 11.8 Å². The monoisotopic (exact) mass is 405 g/mol. The lowest BCUT2D eigenvalue weighted by atomic mass is 10.1. The van der Waals surface area contributed by atoms with Gasteiger partial charge in [0, 0.05) is 50.3 Å². The molecule has 0 N–H and O–H groups in total. The van der Waals surface area contributed by atoms with Crippen LogP contribution < -0.4 is 9.47 Å². The zero-order chi connectivity index (χ0) is 20.1. The van der Waals surface area contributed by atoms with Gasteiger partial charge in [0.15, 0.2) is 0 Å². The lowest BCUT2D eigenvalue weighted by molar-refractivity contribution is 0.0532. The highest BCUT2D eigenvalue weighted by atomic mass is 32.1. The van der Waals surface area contributed by atoms with Crippen LogP contribution in [0, 0.1) is 0 Å². The molecule has 1 saturated heterocycles. The summed E-state index contributed by atoms with van der Waals surface area (Å²) < 4.78 is 15.5. The van der Waals surface area contributed by atoms with Crippen LogP contribution in [0.4, 0.5) is 0 Å². The molecule has 1 fully saturated rings. The quantitative estimate of drug-likeness (QED) is 0.730. The van der Waals surface area contributed by atoms with Crippen molar-refractivity contribution in [3.05, 3.63) is 39.8 Å². The van der Waals surface area contributed by atoms with Crippen molar-refractivity contribution in [1.82, 2.24) is 14.8 Å². The lowest BCUT2D eigenvalue weighted by Gasteiger charge is -2.34. The molecule has 0 atom stereocenters. The Kier molecular flexibility index (Phi) is 6.48. The van der Waals surface area contributed by atoms with E-state index >= 15 is 0 Å². The van der Waals surface area contributed by atoms with Gasteiger partial charge in [-0.05, 0) is 12.1 Å². The fraction of sp³-hybridized carbons (Fsp3) is 0.421. The molecular formula is C19H23N3O5S. The van der Waals surface area contributed by atoms with Crippen LogP contribution in [0.25, 0.3) is 0 Å². The number of carbonyl (C=O) groups is 2. The molecule has 1 aliphatic rings. The molecule has 8 nitrogen and oxygen atoms in total. The van der Waals surface area contributed by atoms with E-state index in [1.165, 1.54) is 11.3 Å². The Bertz CT molecular complexity index is 824. The van der Waals surface area contributed by atoms with Gasteiger partial charge in [-0.25, -0.2) is 4.98 Å². The van der Waals surface area contributed by atoms with Gasteiger partial charge in [-0.2, -0.15) is 0 Å². The Morgan fingerprint density at radius 2 is 1.54 bits per heavy atom. The van der Waals surface area contributed by atoms with Crippen LogP contribution >= 0.6 is 11.3 Å². The summed E-state index contributed by atoms with van der Waals surface area (Å²) in [4.78, 5) is 33.2. The van der Waals surface area contributed by atoms with Crippen LogP contribution in [0.2, 0.25) is 0 Å². The molecule has 1 aromatic heterocycles. The zero-order valence-electron chi connectivity index (χ0n) is 16.1. The number of piperazine rings is 1. The van der Waals surface area contributed by atoms with Crippen LogP contribution in [0.15, 0.2) is 23.6 Å². The average molecular weight is 405 g/mol. The summed E-state index contributed by atoms with van der Waals surface area (Å²) in [7, 11) is 4.69. The van der Waals surface area contributed by atoms with Gasteiger partial charge in [-0.1, -0.05) is 0 Å². The number of benzene rings is 1. The predicted octanol–water partition coefficient (Wildman–Crippen LogP) is 1.90. The molecule has 0 spiro atoms. The largest absolute Gasteiger partial charge is 0.497 e. The molecule has 0 radical (unpaired) electrons. The van der Waals surface area contributed by atoms with Gasteiger partial charge in [-0.3, -0.25) is 9.59 Å². The molecule has 0 saturated carbocycles. The zero-order valence-corrected chi connectivity index (χ0v) is 17.0. The summed E-state index contributed by atoms with van der Waals surface area (Å²) >= 11 is 1.40. The van der Waals surface area contributed by atoms with E-state index in [1.54, 1.807) is 54.7 Å². The van der Waals surface area contributed by atoms with E-state index in [2.05, 4.69) is 4.98 Å². The van der Waals surface area contributed by atoms with Crippen LogP contribution in [0.5, 0.6) is 11.5 Å². The van der Waals surface area contributed by atoms with E-state index in [0.29, 0.717) is 55.5 Å². The lowest BCUT2D eigenvalue weighted by Crippen LogP contribution is -2.50. The summed E-state index contributed by atoms with van der Waals surface area (Å²) in [6.07, 6.45) is 0. The van der Waals surface area contributed by atoms with E-state index in [4.69, 9.17) is 14.2 Å². The first-order valence-corrected chi connectivity index (χ1v) is 9.68. The average Bonchev–Trinajstić information content (AvgIpc) is 3.21. The van der Waals surface area contributed by atoms with Crippen LogP contribution in [-0.4, -0.2) is 74.1 Å². The van der Waals surface area contributed by atoms with Crippen molar-refractivity contribution < 1.29 is 23.8 Å². The first-order chi connectivity index (χ1) is 13.5. The number of nitrogens with zero attached hydrogens (tertiary/aromatic N) is 3. The maximum absolute atomic E-state index is 12.8. The van der Waals surface area contributed by atoms with E-state index in [1.807, 2.05) is 0 Å². The first-order valence-electron chi connectivity index (χ1n) is 8.80. The van der Waals surface area contributed by atoms with Crippen LogP contribution in [0.3, 0.4) is 0 Å². The second kappa shape index (κ2) is 9.03. The highest BCUT2D eigenvalue weighted by Crippen LogP contribution is 2.24. The molecular weight excluding hydrogens is 382 g/mol. The van der Waals surface area contributed by atoms with Crippen molar-refractivity contribution in [3.8, 4) is 11.5 Å². The molecule has 0 unspecified atom stereocenters. The highest BCUT2D eigenvalue weighted by molar-refractivity contribution is 7.09. The van der Waals surface area contributed by atoms with Gasteiger partial charge >= 0.3 is 0 Å². The number of methoxy groups -OCH3 is 3. The summed E-state index contributed by atoms with van der Waals surface area (Å²) in [5, 5.41) is 2.52. The molecule has 28 heavy (non-hydrogen) atoms. The fourth-order valence-corrected chi connectivity index (χ4v) is 3.73. The molecule has 150 valence electrons. The minimum atomic E-state index is -0.117. The summed E-state index contributed by atoms with van der Waals surface area (Å²) in [5.41, 5.74) is 0.925. The molecule has 2 heterocycles. The van der Waals surface area contributed by atoms with E-state index in [0.717, 1.165) is 5.01 Å². The summed E-state index contributed by atoms with van der Waals surface area (Å²) in [6, 6.07) is 5.10. The van der Waals surface area contributed by atoms with Gasteiger partial charge in [0.1, 0.15) is 22.2 Å². The number of ether oxygens (including phenoxy) is 3. The number of carbonyl (C=O) groups excluding carboxylic acids is 2. The molecule has 3 rings (SSSR count). The standard InChI is InChI=1S/C19H23N3O5S/c1-25-11-17-20-16(12-28-17)19(24)22-6-4-21(5-7-22)18(23)13-8-14(26-2)10-15(9-13)27-3/h8-10,12H,4-7,11H2,1-3H3. The van der Waals surface area contributed by atoms with Crippen molar-refractivity contribution in [2.75, 3.05) is 47.5 Å². The Morgan fingerprint density at radius 1 is 0.964 bits per heavy atom. The molecule has 1 aromatic carbocycles. The Hall–Kier alpha value is -2.65. The smallest absolute Gasteiger partial charge is 0.273 e. The minimum absolute atomic E-state index is 0.111. The van der Waals surface area contributed by atoms with Gasteiger partial charge in [0.2, 0.25) is 0 Å². The second-order valence-electron chi connectivity index (χ2n) is 6.25. The number of hydrogen-bond acceptors (Lipinski definition) is 7. The van der Waals surface area contributed by atoms with Crippen molar-refractivity contribution in [2.24, 2.45) is 0 Å². The molecule has 0 bridgehead atoms. The second-order valence-corrected chi connectivity index (χ2v) is 7.19. The molecule has 2 aromatic rings. The Morgan fingerprint density at radius 3 is 2.07 bits per heavy atom. The molecule has 1 aliphatic heterocycles. The van der Waals surface area contributed by atoms with Crippen LogP contribution in [-0.2, 0) is 11.3 Å². The number of amides is 2. The maximum atomic E-state index is 12.8. The fourth-order valence-electron chi connectivity index (χ4n) is 2.99. The van der Waals surface area contributed by atoms with Gasteiger partial charge < -0.3 is 24.0 Å². The van der Waals surface area contributed by atoms with Gasteiger partial charge in [0.05, 0.1) is 20.8 Å². The third-order valence-electron chi connectivity index (χ3n) is 4.49. The van der Waals surface area contributed by atoms with Crippen molar-refractivity contribution in [3.63, 3.8) is 0 Å². The Labute approximate surface area is 167 Å². The van der Waals surface area contributed by atoms with Gasteiger partial charge in [0.25, 0.3) is 11.8 Å². The number of hydrogen-bond donors (Lipinski definition) is 0. The SMILES string of the molecule is COCc1nc(C(=O)N2CCN(C(=O)c3cc(OC)cc(OC)c3)CC2)cs1. The van der Waals surface area contributed by atoms with Crippen LogP contribution in [0.1, 0.15) is 25.9 Å². The maximum Gasteiger partial charge on any atom is 0.273 e. The normalized spacial score (nSPS) is 14.1. The third kappa shape index (κ3) is 4.42. The van der Waals surface area contributed by atoms with Crippen molar-refractivity contribution in [1.29, 1.82) is 0 Å². The topological polar surface area (TPSA) is 81.2 Å². The van der Waals surface area contributed by atoms with Crippen molar-refractivity contribution >= 4 is 23.2 Å². The minimum Gasteiger partial charge on any atom is -0.497 e. The van der Waals surface area contributed by atoms with Crippen molar-refractivity contribution in [2.45, 2.75) is 6.61 Å². The summed E-state index contributed by atoms with van der Waals surface area (Å²) in [5.74, 6) is 0.896. The first kappa shape index (κ1) is 20.1. The highest BCUT2D eigenvalue weighted by Gasteiger charge is 2.27. The molecule has 0 aliphatic carbocycles. The number of rotatable bonds is 6. The Balaban J connectivity index is 1.63. The van der Waals surface area contributed by atoms with E-state index in [9.17, 15) is 9.59 Å². The molecule has 2 amide bonds. The predicted molar refractivity (Wildman–Crippen MR) is 104 cm³/mol. The third-order valence-corrected chi connectivity index (χ3v) is 5.31. The number of aromatic nitrogens is 1. The molecule has 9 heteroatoms. The van der Waals surface area contributed by atoms with Gasteiger partial charge in [-0.15, -0.1) is 11.3 Å². The number of thiazole rings is 1. The van der Waals surface area contributed by atoms with E-state index < -0.39 is 0 Å².